The van der Waals surface area contributed by atoms with Crippen LogP contribution < -0.4 is 0 Å². The molecule has 6 heteroatoms. The Morgan fingerprint density at radius 3 is 1.91 bits per heavy atom. The van der Waals surface area contributed by atoms with E-state index >= 15 is 0 Å². The molecule has 180 valence electrons. The van der Waals surface area contributed by atoms with E-state index in [1.807, 2.05) is 48.1 Å². The van der Waals surface area contributed by atoms with E-state index in [4.69, 9.17) is 9.57 Å². The predicted molar refractivity (Wildman–Crippen MR) is 127 cm³/mol. The predicted octanol–water partition coefficient (Wildman–Crippen LogP) is 5.58. The van der Waals surface area contributed by atoms with Gasteiger partial charge in [0, 0.05) is 19.0 Å². The van der Waals surface area contributed by atoms with Gasteiger partial charge in [-0.1, -0.05) is 38.1 Å². The summed E-state index contributed by atoms with van der Waals surface area (Å²) < 4.78 is 5.27. The molecule has 1 amide bonds. The van der Waals surface area contributed by atoms with Crippen LogP contribution in [0.15, 0.2) is 24.3 Å². The van der Waals surface area contributed by atoms with Gasteiger partial charge in [0.1, 0.15) is 17.7 Å². The molecule has 0 saturated carbocycles. The fourth-order valence-electron chi connectivity index (χ4n) is 4.64. The molecule has 1 aromatic carbocycles. The van der Waals surface area contributed by atoms with Crippen molar-refractivity contribution in [1.82, 2.24) is 9.96 Å². The zero-order valence-electron chi connectivity index (χ0n) is 21.6. The lowest BCUT2D eigenvalue weighted by atomic mass is 9.80. The Balaban J connectivity index is 2.33. The Bertz CT molecular complexity index is 806. The lowest BCUT2D eigenvalue weighted by Gasteiger charge is -2.59. The van der Waals surface area contributed by atoms with Gasteiger partial charge in [0.15, 0.2) is 0 Å². The SMILES string of the molecule is CCC1(CC)C(=O)N(C(C)(C)C)CC(C)(C)N1OC(C)c1ccc(C(C)OC(C)=O)cc1. The summed E-state index contributed by atoms with van der Waals surface area (Å²) in [4.78, 5) is 33.6. The zero-order chi connectivity index (χ0) is 24.5. The van der Waals surface area contributed by atoms with E-state index in [1.54, 1.807) is 0 Å². The van der Waals surface area contributed by atoms with E-state index < -0.39 is 5.54 Å². The van der Waals surface area contributed by atoms with Crippen LogP contribution >= 0.6 is 0 Å². The summed E-state index contributed by atoms with van der Waals surface area (Å²) in [5, 5.41) is 1.98. The molecule has 1 heterocycles. The molecule has 0 spiro atoms. The van der Waals surface area contributed by atoms with Gasteiger partial charge in [-0.2, -0.15) is 5.06 Å². The van der Waals surface area contributed by atoms with E-state index in [1.165, 1.54) is 6.92 Å². The van der Waals surface area contributed by atoms with Crippen LogP contribution in [0.2, 0.25) is 0 Å². The van der Waals surface area contributed by atoms with Crippen LogP contribution in [-0.2, 0) is 19.2 Å². The largest absolute Gasteiger partial charge is 0.458 e. The fraction of sp³-hybridized carbons (Fsp3) is 0.692. The maximum atomic E-state index is 13.7. The highest BCUT2D eigenvalue weighted by molar-refractivity contribution is 5.88. The first kappa shape index (κ1) is 26.3. The van der Waals surface area contributed by atoms with E-state index in [0.29, 0.717) is 19.4 Å². The molecule has 1 saturated heterocycles. The molecule has 0 aromatic heterocycles. The maximum Gasteiger partial charge on any atom is 0.303 e. The summed E-state index contributed by atoms with van der Waals surface area (Å²) in [5.41, 5.74) is 0.613. The molecule has 2 unspecified atom stereocenters. The second kappa shape index (κ2) is 9.52. The van der Waals surface area contributed by atoms with Crippen molar-refractivity contribution < 1.29 is 19.2 Å². The highest BCUT2D eigenvalue weighted by Gasteiger charge is 2.57. The minimum Gasteiger partial charge on any atom is -0.458 e. The van der Waals surface area contributed by atoms with Crippen LogP contribution in [0.5, 0.6) is 0 Å². The normalized spacial score (nSPS) is 20.7. The maximum absolute atomic E-state index is 13.7. The van der Waals surface area contributed by atoms with Crippen LogP contribution in [0.4, 0.5) is 0 Å². The number of esters is 1. The average Bonchev–Trinajstić information content (AvgIpc) is 2.70. The minimum absolute atomic E-state index is 0.132. The number of amides is 1. The molecular formula is C26H42N2O4. The van der Waals surface area contributed by atoms with Crippen molar-refractivity contribution in [3.05, 3.63) is 35.4 Å². The van der Waals surface area contributed by atoms with Crippen molar-refractivity contribution in [2.45, 2.75) is 111 Å². The smallest absolute Gasteiger partial charge is 0.303 e. The molecule has 6 nitrogen and oxygen atoms in total. The molecular weight excluding hydrogens is 404 g/mol. The summed E-state index contributed by atoms with van der Waals surface area (Å²) >= 11 is 0. The Kier molecular flexibility index (Phi) is 7.83. The van der Waals surface area contributed by atoms with Crippen molar-refractivity contribution in [2.24, 2.45) is 0 Å². The number of ether oxygens (including phenoxy) is 1. The highest BCUT2D eigenvalue weighted by atomic mass is 16.7. The number of benzene rings is 1. The van der Waals surface area contributed by atoms with Gasteiger partial charge in [0.05, 0.1) is 5.54 Å². The number of carbonyl (C=O) groups is 2. The molecule has 0 aliphatic carbocycles. The van der Waals surface area contributed by atoms with Crippen molar-refractivity contribution in [1.29, 1.82) is 0 Å². The Morgan fingerprint density at radius 1 is 1.03 bits per heavy atom. The topological polar surface area (TPSA) is 59.1 Å². The molecule has 1 aromatic rings. The molecule has 2 rings (SSSR count). The molecule has 0 bridgehead atoms. The monoisotopic (exact) mass is 446 g/mol. The standard InChI is InChI=1S/C26H42N2O4/c1-11-26(12-2)23(30)27(24(6,7)8)17-25(9,10)28(26)32-19(4)22-15-13-21(14-16-22)18(3)31-20(5)29/h13-16,18-19H,11-12,17H2,1-10H3. The van der Waals surface area contributed by atoms with Gasteiger partial charge >= 0.3 is 5.97 Å². The number of rotatable bonds is 7. The fourth-order valence-corrected chi connectivity index (χ4v) is 4.64. The second-order valence-corrected chi connectivity index (χ2v) is 10.6. The zero-order valence-corrected chi connectivity index (χ0v) is 21.6. The number of hydroxylamine groups is 2. The summed E-state index contributed by atoms with van der Waals surface area (Å²) in [6, 6.07) is 7.92. The molecule has 1 aliphatic rings. The van der Waals surface area contributed by atoms with Gasteiger partial charge in [0.2, 0.25) is 5.91 Å². The third-order valence-corrected chi connectivity index (χ3v) is 6.59. The van der Waals surface area contributed by atoms with Crippen LogP contribution in [0.1, 0.15) is 105 Å². The van der Waals surface area contributed by atoms with Crippen molar-refractivity contribution in [3.63, 3.8) is 0 Å². The minimum atomic E-state index is -0.715. The summed E-state index contributed by atoms with van der Waals surface area (Å²) in [6.07, 6.45) is 0.805. The lowest BCUT2D eigenvalue weighted by molar-refractivity contribution is -0.311. The number of hydrogen-bond donors (Lipinski definition) is 0. The summed E-state index contributed by atoms with van der Waals surface area (Å²) in [5.74, 6) is -0.165. The Labute approximate surface area is 194 Å². The third kappa shape index (κ3) is 5.18. The first-order chi connectivity index (χ1) is 14.7. The van der Waals surface area contributed by atoms with Gasteiger partial charge in [-0.3, -0.25) is 14.4 Å². The van der Waals surface area contributed by atoms with Gasteiger partial charge in [-0.05, 0) is 72.4 Å². The first-order valence-electron chi connectivity index (χ1n) is 11.8. The molecule has 0 radical (unpaired) electrons. The number of nitrogens with zero attached hydrogens (tertiary/aromatic N) is 2. The molecule has 32 heavy (non-hydrogen) atoms. The van der Waals surface area contributed by atoms with E-state index in [0.717, 1.165) is 11.1 Å². The summed E-state index contributed by atoms with van der Waals surface area (Å²) in [7, 11) is 0. The Morgan fingerprint density at radius 2 is 1.50 bits per heavy atom. The number of hydrogen-bond acceptors (Lipinski definition) is 5. The molecule has 0 N–H and O–H groups in total. The number of piperazine rings is 1. The van der Waals surface area contributed by atoms with Crippen LogP contribution in [0.25, 0.3) is 0 Å². The van der Waals surface area contributed by atoms with Crippen molar-refractivity contribution in [2.75, 3.05) is 6.54 Å². The second-order valence-electron chi connectivity index (χ2n) is 10.6. The van der Waals surface area contributed by atoms with Gasteiger partial charge < -0.3 is 9.64 Å². The highest BCUT2D eigenvalue weighted by Crippen LogP contribution is 2.42. The third-order valence-electron chi connectivity index (χ3n) is 6.59. The average molecular weight is 447 g/mol. The quantitative estimate of drug-likeness (QED) is 0.512. The van der Waals surface area contributed by atoms with Crippen LogP contribution in [-0.4, -0.2) is 45.0 Å². The first-order valence-corrected chi connectivity index (χ1v) is 11.8. The molecule has 2 atom stereocenters. The van der Waals surface area contributed by atoms with Gasteiger partial charge in [0.25, 0.3) is 0 Å². The van der Waals surface area contributed by atoms with Crippen LogP contribution in [0, 0.1) is 0 Å². The lowest BCUT2D eigenvalue weighted by Crippen LogP contribution is -2.75. The summed E-state index contributed by atoms with van der Waals surface area (Å²) in [6.45, 7) is 20.6. The Hall–Kier alpha value is -1.92. The molecule has 1 aliphatic heterocycles. The van der Waals surface area contributed by atoms with Crippen molar-refractivity contribution in [3.8, 4) is 0 Å². The van der Waals surface area contributed by atoms with E-state index in [9.17, 15) is 9.59 Å². The van der Waals surface area contributed by atoms with Gasteiger partial charge in [-0.25, -0.2) is 0 Å². The van der Waals surface area contributed by atoms with E-state index in [2.05, 4.69) is 48.5 Å². The van der Waals surface area contributed by atoms with Gasteiger partial charge in [-0.15, -0.1) is 0 Å². The van der Waals surface area contributed by atoms with Crippen LogP contribution in [0.3, 0.4) is 0 Å². The van der Waals surface area contributed by atoms with Crippen molar-refractivity contribution >= 4 is 11.9 Å². The number of carbonyl (C=O) groups excluding carboxylic acids is 2. The molecule has 1 fully saturated rings. The van der Waals surface area contributed by atoms with E-state index in [-0.39, 0.29) is 35.2 Å².